The number of carbonyl (C=O) groups is 1. The summed E-state index contributed by atoms with van der Waals surface area (Å²) >= 11 is 0. The lowest BCUT2D eigenvalue weighted by molar-refractivity contribution is -0.119. The van der Waals surface area contributed by atoms with Gasteiger partial charge in [-0.1, -0.05) is 12.1 Å². The number of amides is 1. The largest absolute Gasteiger partial charge is 0.363 e. The van der Waals surface area contributed by atoms with Gasteiger partial charge in [0.05, 0.1) is 6.54 Å². The highest BCUT2D eigenvalue weighted by Gasteiger charge is 2.21. The number of nitrogens with two attached hydrogens (primary N) is 1. The van der Waals surface area contributed by atoms with E-state index in [0.717, 1.165) is 30.3 Å². The third-order valence-corrected chi connectivity index (χ3v) is 3.54. The van der Waals surface area contributed by atoms with Gasteiger partial charge in [-0.15, -0.1) is 0 Å². The lowest BCUT2D eigenvalue weighted by atomic mass is 10.2. The molecule has 0 radical (unpaired) electrons. The Morgan fingerprint density at radius 3 is 2.58 bits per heavy atom. The Morgan fingerprint density at radius 2 is 2.05 bits per heavy atom. The first-order valence-electron chi connectivity index (χ1n) is 7.03. The van der Waals surface area contributed by atoms with Crippen molar-refractivity contribution >= 4 is 11.6 Å². The maximum Gasteiger partial charge on any atom is 0.239 e. The van der Waals surface area contributed by atoms with Crippen molar-refractivity contribution in [1.29, 1.82) is 0 Å². The van der Waals surface area contributed by atoms with E-state index in [1.807, 2.05) is 24.3 Å². The van der Waals surface area contributed by atoms with Gasteiger partial charge in [-0.2, -0.15) is 0 Å². The van der Waals surface area contributed by atoms with E-state index in [4.69, 9.17) is 5.73 Å². The van der Waals surface area contributed by atoms with Gasteiger partial charge in [0.15, 0.2) is 0 Å². The Labute approximate surface area is 115 Å². The molecule has 3 N–H and O–H groups in total. The van der Waals surface area contributed by atoms with Gasteiger partial charge >= 0.3 is 0 Å². The molecule has 0 aliphatic heterocycles. The monoisotopic (exact) mass is 261 g/mol. The molecule has 1 aliphatic rings. The van der Waals surface area contributed by atoms with E-state index >= 15 is 0 Å². The molecule has 1 fully saturated rings. The van der Waals surface area contributed by atoms with Crippen molar-refractivity contribution in [2.45, 2.75) is 26.3 Å². The van der Waals surface area contributed by atoms with Gasteiger partial charge in [0.25, 0.3) is 0 Å². The summed E-state index contributed by atoms with van der Waals surface area (Å²) in [5, 5.41) is 3.00. The van der Waals surface area contributed by atoms with Crippen LogP contribution in [-0.4, -0.2) is 25.5 Å². The van der Waals surface area contributed by atoms with Gasteiger partial charge in [0.1, 0.15) is 0 Å². The topological polar surface area (TPSA) is 58.4 Å². The quantitative estimate of drug-likeness (QED) is 0.782. The van der Waals surface area contributed by atoms with Crippen LogP contribution in [0, 0.1) is 5.92 Å². The zero-order valence-electron chi connectivity index (χ0n) is 11.6. The highest BCUT2D eigenvalue weighted by molar-refractivity contribution is 5.81. The number of likely N-dealkylation sites (N-methyl/N-ethyl adjacent to an activating group) is 1. The van der Waals surface area contributed by atoms with Crippen molar-refractivity contribution in [3.8, 4) is 0 Å². The van der Waals surface area contributed by atoms with Gasteiger partial charge in [0.2, 0.25) is 5.91 Å². The van der Waals surface area contributed by atoms with E-state index in [1.54, 1.807) is 0 Å². The Kier molecular flexibility index (Phi) is 4.80. The van der Waals surface area contributed by atoms with E-state index < -0.39 is 0 Å². The molecular formula is C15H23N3O. The van der Waals surface area contributed by atoms with Gasteiger partial charge in [-0.3, -0.25) is 4.79 Å². The van der Waals surface area contributed by atoms with Crippen LogP contribution in [0.5, 0.6) is 0 Å². The maximum atomic E-state index is 11.9. The van der Waals surface area contributed by atoms with Crippen LogP contribution in [0.2, 0.25) is 0 Å². The summed E-state index contributed by atoms with van der Waals surface area (Å²) in [6.45, 7) is 4.69. The van der Waals surface area contributed by atoms with E-state index in [-0.39, 0.29) is 5.91 Å². The molecule has 0 aromatic heterocycles. The average molecular weight is 261 g/mol. The third kappa shape index (κ3) is 4.24. The fourth-order valence-electron chi connectivity index (χ4n) is 2.04. The molecular weight excluding hydrogens is 238 g/mol. The van der Waals surface area contributed by atoms with Gasteiger partial charge in [0, 0.05) is 25.3 Å². The molecule has 1 aliphatic carbocycles. The summed E-state index contributed by atoms with van der Waals surface area (Å²) in [6.07, 6.45) is 2.52. The molecule has 0 atom stereocenters. The lowest BCUT2D eigenvalue weighted by Gasteiger charge is -2.22. The van der Waals surface area contributed by atoms with Gasteiger partial charge in [-0.25, -0.2) is 0 Å². The van der Waals surface area contributed by atoms with E-state index in [2.05, 4.69) is 17.1 Å². The molecule has 0 bridgehead atoms. The number of carbonyl (C=O) groups excluding carboxylic acids is 1. The highest BCUT2D eigenvalue weighted by Crippen LogP contribution is 2.27. The van der Waals surface area contributed by atoms with Crippen LogP contribution < -0.4 is 16.0 Å². The van der Waals surface area contributed by atoms with E-state index in [0.29, 0.717) is 13.1 Å². The van der Waals surface area contributed by atoms with Crippen LogP contribution in [-0.2, 0) is 11.3 Å². The molecule has 0 unspecified atom stereocenters. The molecule has 0 spiro atoms. The van der Waals surface area contributed by atoms with Crippen LogP contribution in [0.3, 0.4) is 0 Å². The number of benzene rings is 1. The van der Waals surface area contributed by atoms with Gasteiger partial charge in [-0.05, 0) is 43.4 Å². The zero-order valence-corrected chi connectivity index (χ0v) is 11.6. The lowest BCUT2D eigenvalue weighted by Crippen LogP contribution is -2.38. The first kappa shape index (κ1) is 13.9. The molecule has 1 aromatic rings. The number of hydrogen-bond acceptors (Lipinski definition) is 3. The minimum atomic E-state index is 0.108. The Balaban J connectivity index is 1.88. The smallest absolute Gasteiger partial charge is 0.239 e. The molecule has 1 aromatic carbocycles. The molecule has 0 saturated heterocycles. The first-order chi connectivity index (χ1) is 9.22. The summed E-state index contributed by atoms with van der Waals surface area (Å²) in [6, 6.07) is 8.08. The van der Waals surface area contributed by atoms with Crippen molar-refractivity contribution in [2.24, 2.45) is 11.7 Å². The predicted molar refractivity (Wildman–Crippen MR) is 78.0 cm³/mol. The van der Waals surface area contributed by atoms with Crippen LogP contribution in [0.1, 0.15) is 25.3 Å². The van der Waals surface area contributed by atoms with E-state index in [9.17, 15) is 4.79 Å². The minimum Gasteiger partial charge on any atom is -0.363 e. The standard InChI is InChI=1S/C15H23N3O/c1-2-18(11-15(19)17-10-13-3-4-13)14-7-5-12(9-16)6-8-14/h5-8,13H,2-4,9-11,16H2,1H3,(H,17,19). The molecule has 0 heterocycles. The average Bonchev–Trinajstić information content (AvgIpc) is 3.27. The summed E-state index contributed by atoms with van der Waals surface area (Å²) in [7, 11) is 0. The zero-order chi connectivity index (χ0) is 13.7. The van der Waals surface area contributed by atoms with Crippen molar-refractivity contribution in [2.75, 3.05) is 24.5 Å². The SMILES string of the molecule is CCN(CC(=O)NCC1CC1)c1ccc(CN)cc1. The molecule has 1 amide bonds. The van der Waals surface area contributed by atoms with Crippen LogP contribution in [0.15, 0.2) is 24.3 Å². The highest BCUT2D eigenvalue weighted by atomic mass is 16.2. The molecule has 2 rings (SSSR count). The molecule has 1 saturated carbocycles. The van der Waals surface area contributed by atoms with Crippen LogP contribution >= 0.6 is 0 Å². The summed E-state index contributed by atoms with van der Waals surface area (Å²) in [5.74, 6) is 0.833. The number of nitrogens with one attached hydrogen (secondary N) is 1. The van der Waals surface area contributed by atoms with E-state index in [1.165, 1.54) is 12.8 Å². The number of nitrogens with zero attached hydrogens (tertiary/aromatic N) is 1. The second kappa shape index (κ2) is 6.57. The molecule has 104 valence electrons. The van der Waals surface area contributed by atoms with Crippen molar-refractivity contribution in [3.05, 3.63) is 29.8 Å². The number of anilines is 1. The fourth-order valence-corrected chi connectivity index (χ4v) is 2.04. The summed E-state index contributed by atoms with van der Waals surface area (Å²) in [4.78, 5) is 13.9. The fraction of sp³-hybridized carbons (Fsp3) is 0.533. The molecule has 4 heteroatoms. The number of hydrogen-bond donors (Lipinski definition) is 2. The van der Waals surface area contributed by atoms with Crippen LogP contribution in [0.4, 0.5) is 5.69 Å². The second-order valence-electron chi connectivity index (χ2n) is 5.13. The Bertz CT molecular complexity index is 412. The van der Waals surface area contributed by atoms with Crippen molar-refractivity contribution < 1.29 is 4.79 Å². The van der Waals surface area contributed by atoms with Crippen molar-refractivity contribution in [1.82, 2.24) is 5.32 Å². The predicted octanol–water partition coefficient (Wildman–Crippen LogP) is 1.50. The Morgan fingerprint density at radius 1 is 1.37 bits per heavy atom. The van der Waals surface area contributed by atoms with Crippen LogP contribution in [0.25, 0.3) is 0 Å². The second-order valence-corrected chi connectivity index (χ2v) is 5.13. The van der Waals surface area contributed by atoms with Crippen molar-refractivity contribution in [3.63, 3.8) is 0 Å². The summed E-state index contributed by atoms with van der Waals surface area (Å²) < 4.78 is 0. The molecule has 19 heavy (non-hydrogen) atoms. The normalized spacial score (nSPS) is 14.2. The molecule has 4 nitrogen and oxygen atoms in total. The first-order valence-corrected chi connectivity index (χ1v) is 7.03. The maximum absolute atomic E-state index is 11.9. The summed E-state index contributed by atoms with van der Waals surface area (Å²) in [5.41, 5.74) is 7.77. The number of rotatable bonds is 7. The third-order valence-electron chi connectivity index (χ3n) is 3.54. The minimum absolute atomic E-state index is 0.108. The Hall–Kier alpha value is -1.55. The van der Waals surface area contributed by atoms with Gasteiger partial charge < -0.3 is 16.0 Å².